The van der Waals surface area contributed by atoms with Gasteiger partial charge in [-0.3, -0.25) is 19.3 Å². The highest BCUT2D eigenvalue weighted by atomic mass is 16.7. The van der Waals surface area contributed by atoms with Crippen LogP contribution in [-0.2, 0) is 14.3 Å². The number of carbonyl (C=O) groups is 3. The van der Waals surface area contributed by atoms with Gasteiger partial charge < -0.3 is 14.4 Å². The molecule has 0 aromatic heterocycles. The lowest BCUT2D eigenvalue weighted by Crippen LogP contribution is -2.59. The molecule has 0 aliphatic carbocycles. The van der Waals surface area contributed by atoms with Crippen molar-refractivity contribution in [2.24, 2.45) is 0 Å². The van der Waals surface area contributed by atoms with Crippen molar-refractivity contribution in [3.63, 3.8) is 0 Å². The van der Waals surface area contributed by atoms with Crippen molar-refractivity contribution >= 4 is 17.7 Å². The fraction of sp³-hybridized carbons (Fsp3) is 0.500. The van der Waals surface area contributed by atoms with E-state index in [0.29, 0.717) is 37.1 Å². The number of nitrogens with zero attached hydrogens (tertiary/aromatic N) is 2. The first-order chi connectivity index (χ1) is 11.9. The van der Waals surface area contributed by atoms with E-state index < -0.39 is 12.0 Å². The lowest BCUT2D eigenvalue weighted by atomic mass is 10.1. The topological polar surface area (TPSA) is 76.2 Å². The molecule has 0 N–H and O–H groups in total. The van der Waals surface area contributed by atoms with Gasteiger partial charge in [-0.1, -0.05) is 12.1 Å². The molecular formula is C18H20N2O5. The zero-order chi connectivity index (χ0) is 17.8. The zero-order valence-corrected chi connectivity index (χ0v) is 14.2. The summed E-state index contributed by atoms with van der Waals surface area (Å²) in [6.07, 6.45) is -0.137. The lowest BCUT2D eigenvalue weighted by Gasteiger charge is -2.42. The summed E-state index contributed by atoms with van der Waals surface area (Å²) in [5.41, 5.74) is 0.767. The summed E-state index contributed by atoms with van der Waals surface area (Å²) >= 11 is 0. The third kappa shape index (κ3) is 2.63. The normalized spacial score (nSPS) is 26.0. The number of hydrogen-bond acceptors (Lipinski definition) is 5. The van der Waals surface area contributed by atoms with Gasteiger partial charge in [0.1, 0.15) is 6.17 Å². The molecular weight excluding hydrogens is 324 g/mol. The number of benzene rings is 1. The van der Waals surface area contributed by atoms with Crippen LogP contribution < -0.4 is 0 Å². The second-order valence-corrected chi connectivity index (χ2v) is 7.03. The van der Waals surface area contributed by atoms with E-state index in [-0.39, 0.29) is 23.8 Å². The van der Waals surface area contributed by atoms with E-state index in [1.165, 1.54) is 4.90 Å². The van der Waals surface area contributed by atoms with Gasteiger partial charge in [0.05, 0.1) is 23.8 Å². The molecule has 3 aliphatic heterocycles. The second-order valence-electron chi connectivity index (χ2n) is 7.03. The third-order valence-electron chi connectivity index (χ3n) is 4.91. The monoisotopic (exact) mass is 344 g/mol. The molecule has 132 valence electrons. The Morgan fingerprint density at radius 2 is 1.80 bits per heavy atom. The van der Waals surface area contributed by atoms with E-state index in [4.69, 9.17) is 9.47 Å². The number of hydrogen-bond donors (Lipinski definition) is 0. The van der Waals surface area contributed by atoms with Crippen molar-refractivity contribution in [3.05, 3.63) is 35.4 Å². The highest BCUT2D eigenvalue weighted by molar-refractivity contribution is 6.21. The SMILES string of the molecule is CC1(C)OC[C@H](C[C@H](N2CCC2=O)N2C(=O)c3ccccc3C2=O)O1. The molecule has 1 aromatic carbocycles. The lowest BCUT2D eigenvalue weighted by molar-refractivity contribution is -0.152. The standard InChI is InChI=1S/C18H20N2O5/c1-18(2)24-10-11(25-18)9-14(19-8-7-15(19)21)20-16(22)12-5-3-4-6-13(12)17(20)23/h3-6,11,14H,7-10H2,1-2H3/t11-,14+/m0/s1. The van der Waals surface area contributed by atoms with Crippen LogP contribution in [0.2, 0.25) is 0 Å². The molecule has 2 saturated heterocycles. The van der Waals surface area contributed by atoms with Crippen LogP contribution in [0.15, 0.2) is 24.3 Å². The van der Waals surface area contributed by atoms with Crippen LogP contribution in [0.5, 0.6) is 0 Å². The molecule has 3 aliphatic rings. The molecule has 1 aromatic rings. The van der Waals surface area contributed by atoms with Crippen LogP contribution in [-0.4, -0.2) is 58.7 Å². The van der Waals surface area contributed by atoms with Crippen LogP contribution in [0.4, 0.5) is 0 Å². The maximum absolute atomic E-state index is 12.8. The second kappa shape index (κ2) is 5.64. The van der Waals surface area contributed by atoms with E-state index in [9.17, 15) is 14.4 Å². The molecule has 3 heterocycles. The third-order valence-corrected chi connectivity index (χ3v) is 4.91. The van der Waals surface area contributed by atoms with E-state index in [0.717, 1.165) is 0 Å². The highest BCUT2D eigenvalue weighted by Crippen LogP contribution is 2.33. The number of rotatable bonds is 4. The van der Waals surface area contributed by atoms with Gasteiger partial charge in [-0.05, 0) is 26.0 Å². The van der Waals surface area contributed by atoms with Gasteiger partial charge in [0.15, 0.2) is 5.79 Å². The molecule has 0 spiro atoms. The molecule has 2 atom stereocenters. The molecule has 4 rings (SSSR count). The van der Waals surface area contributed by atoms with Gasteiger partial charge in [-0.25, -0.2) is 0 Å². The summed E-state index contributed by atoms with van der Waals surface area (Å²) in [5.74, 6) is -1.47. The van der Waals surface area contributed by atoms with Crippen molar-refractivity contribution in [1.82, 2.24) is 9.80 Å². The van der Waals surface area contributed by atoms with Gasteiger partial charge in [0.2, 0.25) is 5.91 Å². The maximum atomic E-state index is 12.8. The van der Waals surface area contributed by atoms with E-state index >= 15 is 0 Å². The summed E-state index contributed by atoms with van der Waals surface area (Å²) in [6.45, 7) is 4.54. The number of fused-ring (bicyclic) bond motifs is 1. The van der Waals surface area contributed by atoms with Crippen molar-refractivity contribution in [2.75, 3.05) is 13.2 Å². The van der Waals surface area contributed by atoms with Gasteiger partial charge in [0.25, 0.3) is 11.8 Å². The minimum Gasteiger partial charge on any atom is -0.348 e. The summed E-state index contributed by atoms with van der Waals surface area (Å²) in [7, 11) is 0. The molecule has 0 saturated carbocycles. The predicted molar refractivity (Wildman–Crippen MR) is 86.6 cm³/mol. The quantitative estimate of drug-likeness (QED) is 0.609. The summed E-state index contributed by atoms with van der Waals surface area (Å²) in [6, 6.07) is 6.74. The maximum Gasteiger partial charge on any atom is 0.263 e. The Labute approximate surface area is 145 Å². The van der Waals surface area contributed by atoms with Crippen LogP contribution in [0, 0.1) is 0 Å². The summed E-state index contributed by atoms with van der Waals surface area (Å²) in [4.78, 5) is 40.4. The number of ether oxygens (including phenoxy) is 2. The molecule has 7 nitrogen and oxygen atoms in total. The molecule has 2 fully saturated rings. The van der Waals surface area contributed by atoms with Crippen molar-refractivity contribution in [3.8, 4) is 0 Å². The summed E-state index contributed by atoms with van der Waals surface area (Å²) < 4.78 is 11.4. The Balaban J connectivity index is 1.62. The minimum absolute atomic E-state index is 0.0558. The molecule has 25 heavy (non-hydrogen) atoms. The fourth-order valence-corrected chi connectivity index (χ4v) is 3.61. The van der Waals surface area contributed by atoms with Crippen molar-refractivity contribution in [1.29, 1.82) is 0 Å². The average Bonchev–Trinajstić information content (AvgIpc) is 3.03. The number of likely N-dealkylation sites (tertiary alicyclic amines) is 1. The Morgan fingerprint density at radius 3 is 2.24 bits per heavy atom. The molecule has 0 radical (unpaired) electrons. The van der Waals surface area contributed by atoms with Crippen LogP contribution >= 0.6 is 0 Å². The molecule has 0 bridgehead atoms. The van der Waals surface area contributed by atoms with Crippen molar-refractivity contribution in [2.45, 2.75) is 44.7 Å². The predicted octanol–water partition coefficient (Wildman–Crippen LogP) is 1.38. The van der Waals surface area contributed by atoms with Gasteiger partial charge in [0, 0.05) is 19.4 Å². The zero-order valence-electron chi connectivity index (χ0n) is 14.2. The van der Waals surface area contributed by atoms with Crippen molar-refractivity contribution < 1.29 is 23.9 Å². The molecule has 7 heteroatoms. The number of carbonyl (C=O) groups excluding carboxylic acids is 3. The van der Waals surface area contributed by atoms with Gasteiger partial charge in [-0.2, -0.15) is 0 Å². The minimum atomic E-state index is -0.698. The summed E-state index contributed by atoms with van der Waals surface area (Å²) in [5, 5.41) is 0. The Hall–Kier alpha value is -2.25. The Bertz CT molecular complexity index is 725. The van der Waals surface area contributed by atoms with Gasteiger partial charge in [-0.15, -0.1) is 0 Å². The highest BCUT2D eigenvalue weighted by Gasteiger charge is 2.47. The first-order valence-corrected chi connectivity index (χ1v) is 8.45. The number of amides is 3. The first kappa shape index (κ1) is 16.2. The number of β-lactam (4-membered cyclic amide) rings is 1. The fourth-order valence-electron chi connectivity index (χ4n) is 3.61. The largest absolute Gasteiger partial charge is 0.348 e. The van der Waals surface area contributed by atoms with E-state index in [1.807, 2.05) is 13.8 Å². The van der Waals surface area contributed by atoms with Crippen LogP contribution in [0.1, 0.15) is 47.4 Å². The average molecular weight is 344 g/mol. The first-order valence-electron chi connectivity index (χ1n) is 8.45. The van der Waals surface area contributed by atoms with E-state index in [2.05, 4.69) is 0 Å². The molecule has 0 unspecified atom stereocenters. The molecule has 3 amide bonds. The van der Waals surface area contributed by atoms with Gasteiger partial charge >= 0.3 is 0 Å². The van der Waals surface area contributed by atoms with Crippen LogP contribution in [0.25, 0.3) is 0 Å². The van der Waals surface area contributed by atoms with Crippen LogP contribution in [0.3, 0.4) is 0 Å². The smallest absolute Gasteiger partial charge is 0.263 e. The Kier molecular flexibility index (Phi) is 3.66. The van der Waals surface area contributed by atoms with E-state index in [1.54, 1.807) is 29.2 Å². The number of imide groups is 1. The Morgan fingerprint density at radius 1 is 1.16 bits per heavy atom.